The molecule has 1 aromatic rings. The molecule has 20 heavy (non-hydrogen) atoms. The molecule has 0 aliphatic carbocycles. The van der Waals surface area contributed by atoms with E-state index < -0.39 is 11.5 Å². The molecular weight excluding hydrogens is 267 g/mol. The predicted molar refractivity (Wildman–Crippen MR) is 78.5 cm³/mol. The number of aliphatic imine (C=N–C) groups is 1. The minimum atomic E-state index is -1.04. The number of rotatable bonds is 3. The van der Waals surface area contributed by atoms with Gasteiger partial charge >= 0.3 is 35.5 Å². The Morgan fingerprint density at radius 2 is 1.95 bits per heavy atom. The van der Waals surface area contributed by atoms with Crippen molar-refractivity contribution >= 4 is 47.3 Å². The quantitative estimate of drug-likeness (QED) is 0.813. The summed E-state index contributed by atoms with van der Waals surface area (Å²) in [7, 11) is 0. The van der Waals surface area contributed by atoms with E-state index in [4.69, 9.17) is 5.11 Å². The van der Waals surface area contributed by atoms with Crippen LogP contribution < -0.4 is 5.32 Å². The molecule has 0 saturated heterocycles. The van der Waals surface area contributed by atoms with Crippen LogP contribution in [-0.4, -0.2) is 57.9 Å². The maximum absolute atomic E-state index is 12.0. The van der Waals surface area contributed by atoms with Crippen LogP contribution in [-0.2, 0) is 4.79 Å². The Morgan fingerprint density at radius 1 is 1.35 bits per heavy atom. The van der Waals surface area contributed by atoms with Gasteiger partial charge in [-0.3, -0.25) is 4.79 Å². The molecule has 0 fully saturated rings. The van der Waals surface area contributed by atoms with Gasteiger partial charge in [0.2, 0.25) is 0 Å². The number of carboxylic acid groups (broad SMARTS) is 1. The average Bonchev–Trinajstić information content (AvgIpc) is 2.67. The fourth-order valence-electron chi connectivity index (χ4n) is 1.94. The summed E-state index contributed by atoms with van der Waals surface area (Å²) in [6, 6.07) is 6.51. The predicted octanol–water partition coefficient (Wildman–Crippen LogP) is 1.03. The van der Waals surface area contributed by atoms with Crippen LogP contribution in [0, 0.1) is 5.92 Å². The Labute approximate surface area is 139 Å². The molecule has 0 bridgehead atoms. The van der Waals surface area contributed by atoms with E-state index in [2.05, 4.69) is 10.3 Å². The van der Waals surface area contributed by atoms with E-state index in [0.29, 0.717) is 11.4 Å². The van der Waals surface area contributed by atoms with Crippen molar-refractivity contribution < 1.29 is 14.7 Å². The van der Waals surface area contributed by atoms with Crippen molar-refractivity contribution in [3.63, 3.8) is 0 Å². The van der Waals surface area contributed by atoms with E-state index >= 15 is 0 Å². The van der Waals surface area contributed by atoms with Crippen molar-refractivity contribution in [2.24, 2.45) is 10.9 Å². The number of benzene rings is 1. The summed E-state index contributed by atoms with van der Waals surface area (Å²) in [5.74, 6) is -0.916. The van der Waals surface area contributed by atoms with Gasteiger partial charge in [0.05, 0.1) is 5.56 Å². The van der Waals surface area contributed by atoms with Crippen LogP contribution in [0.2, 0.25) is 0 Å². The minimum absolute atomic E-state index is 0. The number of hydrogen-bond acceptors (Lipinski definition) is 3. The van der Waals surface area contributed by atoms with Crippen molar-refractivity contribution in [2.75, 3.05) is 0 Å². The van der Waals surface area contributed by atoms with Gasteiger partial charge in [-0.05, 0) is 18.9 Å². The van der Waals surface area contributed by atoms with Crippen molar-refractivity contribution in [3.05, 3.63) is 35.4 Å². The normalized spacial score (nSPS) is 21.2. The molecule has 1 unspecified atom stereocenters. The molecule has 0 aromatic heterocycles. The van der Waals surface area contributed by atoms with E-state index in [1.807, 2.05) is 13.8 Å². The SMILES string of the molecule is CC(C)C1(C)NC(c2ccccc2C(=O)O)=NC1=O.[NaH]. The fourth-order valence-corrected chi connectivity index (χ4v) is 1.94. The molecule has 1 heterocycles. The van der Waals surface area contributed by atoms with Crippen LogP contribution in [0.15, 0.2) is 29.3 Å². The van der Waals surface area contributed by atoms with E-state index in [0.717, 1.165) is 0 Å². The molecule has 6 heteroatoms. The zero-order valence-electron chi connectivity index (χ0n) is 11.1. The molecule has 2 N–H and O–H groups in total. The number of amidine groups is 1. The van der Waals surface area contributed by atoms with Crippen molar-refractivity contribution in [1.82, 2.24) is 5.32 Å². The van der Waals surface area contributed by atoms with Crippen LogP contribution in [0.25, 0.3) is 0 Å². The van der Waals surface area contributed by atoms with Crippen LogP contribution in [0.1, 0.15) is 36.7 Å². The topological polar surface area (TPSA) is 78.8 Å². The number of nitrogens with zero attached hydrogens (tertiary/aromatic N) is 1. The van der Waals surface area contributed by atoms with Gasteiger partial charge in [-0.1, -0.05) is 32.0 Å². The summed E-state index contributed by atoms with van der Waals surface area (Å²) in [6.07, 6.45) is 0. The Bertz CT molecular complexity index is 584. The van der Waals surface area contributed by atoms with Gasteiger partial charge in [0.15, 0.2) is 0 Å². The number of hydrogen-bond donors (Lipinski definition) is 2. The molecule has 5 nitrogen and oxygen atoms in total. The van der Waals surface area contributed by atoms with E-state index in [1.165, 1.54) is 6.07 Å². The van der Waals surface area contributed by atoms with E-state index in [-0.39, 0.29) is 46.9 Å². The molecule has 1 atom stereocenters. The van der Waals surface area contributed by atoms with Crippen molar-refractivity contribution in [3.8, 4) is 0 Å². The molecular formula is C14H17N2NaO3. The van der Waals surface area contributed by atoms with Gasteiger partial charge < -0.3 is 10.4 Å². The second-order valence-corrected chi connectivity index (χ2v) is 5.10. The van der Waals surface area contributed by atoms with Crippen LogP contribution >= 0.6 is 0 Å². The first-order valence-electron chi connectivity index (χ1n) is 6.10. The molecule has 2 rings (SSSR count). The number of nitrogens with one attached hydrogen (secondary N) is 1. The fraction of sp³-hybridized carbons (Fsp3) is 0.357. The molecule has 0 spiro atoms. The van der Waals surface area contributed by atoms with Crippen LogP contribution in [0.5, 0.6) is 0 Å². The van der Waals surface area contributed by atoms with E-state index in [1.54, 1.807) is 25.1 Å². The van der Waals surface area contributed by atoms with Gasteiger partial charge in [-0.15, -0.1) is 0 Å². The average molecular weight is 284 g/mol. The Kier molecular flexibility index (Phi) is 5.13. The molecule has 1 amide bonds. The molecule has 1 aliphatic rings. The zero-order chi connectivity index (χ0) is 14.2. The summed E-state index contributed by atoms with van der Waals surface area (Å²) in [4.78, 5) is 27.2. The summed E-state index contributed by atoms with van der Waals surface area (Å²) in [6.45, 7) is 5.62. The Morgan fingerprint density at radius 3 is 2.45 bits per heavy atom. The maximum atomic E-state index is 12.0. The number of carboxylic acids is 1. The third-order valence-corrected chi connectivity index (χ3v) is 3.60. The molecule has 0 radical (unpaired) electrons. The summed E-state index contributed by atoms with van der Waals surface area (Å²) < 4.78 is 0. The number of carbonyl (C=O) groups is 2. The third kappa shape index (κ3) is 2.80. The second-order valence-electron chi connectivity index (χ2n) is 5.10. The summed E-state index contributed by atoms with van der Waals surface area (Å²) in [5.41, 5.74) is -0.205. The third-order valence-electron chi connectivity index (χ3n) is 3.60. The van der Waals surface area contributed by atoms with Crippen molar-refractivity contribution in [2.45, 2.75) is 26.3 Å². The number of carbonyl (C=O) groups excluding carboxylic acids is 1. The van der Waals surface area contributed by atoms with Crippen LogP contribution in [0.3, 0.4) is 0 Å². The first kappa shape index (κ1) is 16.9. The van der Waals surface area contributed by atoms with Gasteiger partial charge in [0.1, 0.15) is 11.4 Å². The van der Waals surface area contributed by atoms with Gasteiger partial charge in [0, 0.05) is 5.56 Å². The standard InChI is InChI=1S/C14H16N2O3.Na.H/c1-8(2)14(3)13(19)15-11(16-14)9-6-4-5-7-10(9)12(17)18;;/h4-8H,1-3H3,(H,17,18)(H,15,16,19);;. The zero-order valence-corrected chi connectivity index (χ0v) is 11.1. The summed E-state index contributed by atoms with van der Waals surface area (Å²) in [5, 5.41) is 12.2. The second kappa shape index (κ2) is 6.08. The van der Waals surface area contributed by atoms with E-state index in [9.17, 15) is 9.59 Å². The van der Waals surface area contributed by atoms with Crippen LogP contribution in [0.4, 0.5) is 0 Å². The first-order valence-corrected chi connectivity index (χ1v) is 6.10. The molecule has 102 valence electrons. The summed E-state index contributed by atoms with van der Waals surface area (Å²) >= 11 is 0. The molecule has 1 aliphatic heterocycles. The van der Waals surface area contributed by atoms with Gasteiger partial charge in [-0.25, -0.2) is 4.79 Å². The molecule has 1 aromatic carbocycles. The molecule has 0 saturated carbocycles. The number of amides is 1. The first-order chi connectivity index (χ1) is 8.86. The van der Waals surface area contributed by atoms with Gasteiger partial charge in [0.25, 0.3) is 5.91 Å². The van der Waals surface area contributed by atoms with Gasteiger partial charge in [-0.2, -0.15) is 4.99 Å². The van der Waals surface area contributed by atoms with Crippen molar-refractivity contribution in [1.29, 1.82) is 0 Å². The Balaban J connectivity index is 0.00000200. The monoisotopic (exact) mass is 284 g/mol. The number of aromatic carboxylic acids is 1. The Hall–Kier alpha value is -1.17.